The van der Waals surface area contributed by atoms with E-state index in [0.29, 0.717) is 5.56 Å². The van der Waals surface area contributed by atoms with Gasteiger partial charge in [-0.05, 0) is 17.7 Å². The van der Waals surface area contributed by atoms with Crippen molar-refractivity contribution in [1.29, 1.82) is 0 Å². The molecule has 0 radical (unpaired) electrons. The molecule has 2 aromatic rings. The van der Waals surface area contributed by atoms with Gasteiger partial charge in [0.05, 0.1) is 0 Å². The third-order valence-electron chi connectivity index (χ3n) is 3.01. The topological polar surface area (TPSA) is 29.6 Å². The molecule has 1 aliphatic heterocycles. The van der Waals surface area contributed by atoms with E-state index in [2.05, 4.69) is 15.9 Å². The van der Waals surface area contributed by atoms with Gasteiger partial charge in [0.15, 0.2) is 11.9 Å². The molecule has 0 aromatic heterocycles. The van der Waals surface area contributed by atoms with Crippen molar-refractivity contribution in [3.05, 3.63) is 70.2 Å². The minimum absolute atomic E-state index is 0.0522. The molecule has 18 heavy (non-hydrogen) atoms. The summed E-state index contributed by atoms with van der Waals surface area (Å²) in [5.41, 5.74) is 1.76. The molecule has 2 nitrogen and oxygen atoms in total. The molecule has 2 aromatic carbocycles. The van der Waals surface area contributed by atoms with Crippen LogP contribution in [-0.4, -0.2) is 11.9 Å². The Balaban J connectivity index is 1.75. The van der Waals surface area contributed by atoms with E-state index in [0.717, 1.165) is 10.0 Å². The molecule has 0 spiro atoms. The van der Waals surface area contributed by atoms with Gasteiger partial charge in [-0.2, -0.15) is 0 Å². The molecule has 0 unspecified atom stereocenters. The summed E-state index contributed by atoms with van der Waals surface area (Å²) in [7, 11) is 0. The third-order valence-corrected chi connectivity index (χ3v) is 3.54. The SMILES string of the molecule is O=C(c1ccc(Br)cc1)[C@H]1O[C@@H]1c1ccccc1. The molecule has 1 fully saturated rings. The summed E-state index contributed by atoms with van der Waals surface area (Å²) in [5, 5.41) is 0. The predicted molar refractivity (Wildman–Crippen MR) is 72.5 cm³/mol. The van der Waals surface area contributed by atoms with Crippen LogP contribution in [0.5, 0.6) is 0 Å². The number of ketones is 1. The molecular weight excluding hydrogens is 292 g/mol. The van der Waals surface area contributed by atoms with Crippen molar-refractivity contribution in [2.45, 2.75) is 12.2 Å². The summed E-state index contributed by atoms with van der Waals surface area (Å²) < 4.78 is 6.46. The van der Waals surface area contributed by atoms with Gasteiger partial charge in [0.1, 0.15) is 6.10 Å². The summed E-state index contributed by atoms with van der Waals surface area (Å²) in [5.74, 6) is 0.0522. The molecule has 0 bridgehead atoms. The molecule has 1 heterocycles. The predicted octanol–water partition coefficient (Wildman–Crippen LogP) is 3.77. The second kappa shape index (κ2) is 4.67. The molecular formula is C15H11BrO2. The van der Waals surface area contributed by atoms with Crippen LogP contribution in [0.25, 0.3) is 0 Å². The summed E-state index contributed by atoms with van der Waals surface area (Å²) in [6, 6.07) is 17.2. The first kappa shape index (κ1) is 11.6. The highest BCUT2D eigenvalue weighted by Crippen LogP contribution is 2.40. The maximum atomic E-state index is 12.2. The summed E-state index contributed by atoms with van der Waals surface area (Å²) in [6.07, 6.45) is -0.407. The number of hydrogen-bond donors (Lipinski definition) is 0. The van der Waals surface area contributed by atoms with Crippen molar-refractivity contribution < 1.29 is 9.53 Å². The molecule has 0 amide bonds. The molecule has 1 aliphatic rings. The van der Waals surface area contributed by atoms with Gasteiger partial charge in [-0.15, -0.1) is 0 Å². The van der Waals surface area contributed by atoms with Crippen molar-refractivity contribution in [3.8, 4) is 0 Å². The first-order valence-corrected chi connectivity index (χ1v) is 6.55. The van der Waals surface area contributed by atoms with Gasteiger partial charge in [0.25, 0.3) is 0 Å². The van der Waals surface area contributed by atoms with Gasteiger partial charge in [-0.1, -0.05) is 58.4 Å². The lowest BCUT2D eigenvalue weighted by Crippen LogP contribution is -2.07. The van der Waals surface area contributed by atoms with E-state index in [9.17, 15) is 4.79 Å². The fraction of sp³-hybridized carbons (Fsp3) is 0.133. The number of epoxide rings is 1. The van der Waals surface area contributed by atoms with E-state index in [4.69, 9.17) is 4.74 Å². The highest BCUT2D eigenvalue weighted by atomic mass is 79.9. The van der Waals surface area contributed by atoms with Gasteiger partial charge in [0.2, 0.25) is 0 Å². The van der Waals surface area contributed by atoms with Crippen LogP contribution in [-0.2, 0) is 4.74 Å². The smallest absolute Gasteiger partial charge is 0.194 e. The van der Waals surface area contributed by atoms with E-state index >= 15 is 0 Å². The Bertz CT molecular complexity index is 563. The Morgan fingerprint density at radius 3 is 2.33 bits per heavy atom. The van der Waals surface area contributed by atoms with Gasteiger partial charge in [0, 0.05) is 10.0 Å². The zero-order valence-electron chi connectivity index (χ0n) is 9.55. The number of carbonyl (C=O) groups is 1. The molecule has 0 N–H and O–H groups in total. The molecule has 1 saturated heterocycles. The number of carbonyl (C=O) groups excluding carboxylic acids is 1. The van der Waals surface area contributed by atoms with Crippen LogP contribution in [0.3, 0.4) is 0 Å². The summed E-state index contributed by atoms with van der Waals surface area (Å²) in [4.78, 5) is 12.2. The number of hydrogen-bond acceptors (Lipinski definition) is 2. The van der Waals surface area contributed by atoms with Crippen molar-refractivity contribution in [2.24, 2.45) is 0 Å². The third kappa shape index (κ3) is 2.24. The van der Waals surface area contributed by atoms with Crippen LogP contribution in [0, 0.1) is 0 Å². The number of rotatable bonds is 3. The Kier molecular flexibility index (Phi) is 3.02. The molecule has 0 saturated carbocycles. The van der Waals surface area contributed by atoms with Crippen molar-refractivity contribution in [3.63, 3.8) is 0 Å². The largest absolute Gasteiger partial charge is 0.356 e. The molecule has 3 heteroatoms. The fourth-order valence-electron chi connectivity index (χ4n) is 1.99. The quantitative estimate of drug-likeness (QED) is 0.638. The summed E-state index contributed by atoms with van der Waals surface area (Å²) in [6.45, 7) is 0. The zero-order valence-corrected chi connectivity index (χ0v) is 11.1. The van der Waals surface area contributed by atoms with Crippen LogP contribution < -0.4 is 0 Å². The highest BCUT2D eigenvalue weighted by Gasteiger charge is 2.45. The standard InChI is InChI=1S/C15H11BrO2/c16-12-8-6-10(7-9-12)13(17)15-14(18-15)11-4-2-1-3-5-11/h1-9,14-15H/t14-,15-/m1/s1. The van der Waals surface area contributed by atoms with Gasteiger partial charge >= 0.3 is 0 Å². The van der Waals surface area contributed by atoms with Crippen molar-refractivity contribution >= 4 is 21.7 Å². The van der Waals surface area contributed by atoms with E-state index < -0.39 is 0 Å². The monoisotopic (exact) mass is 302 g/mol. The Morgan fingerprint density at radius 2 is 1.67 bits per heavy atom. The number of benzene rings is 2. The number of Topliss-reactive ketones (excluding diaryl/α,β-unsaturated/α-hetero) is 1. The molecule has 2 atom stereocenters. The van der Waals surface area contributed by atoms with Crippen LogP contribution in [0.15, 0.2) is 59.1 Å². The minimum atomic E-state index is -0.325. The maximum Gasteiger partial charge on any atom is 0.194 e. The molecule has 90 valence electrons. The van der Waals surface area contributed by atoms with Crippen molar-refractivity contribution in [2.75, 3.05) is 0 Å². The number of halogens is 1. The van der Waals surface area contributed by atoms with Crippen LogP contribution in [0.4, 0.5) is 0 Å². The fourth-order valence-corrected chi connectivity index (χ4v) is 2.25. The van der Waals surface area contributed by atoms with E-state index in [1.807, 2.05) is 54.6 Å². The Hall–Kier alpha value is -1.45. The second-order valence-electron chi connectivity index (χ2n) is 4.26. The van der Waals surface area contributed by atoms with E-state index in [1.165, 1.54) is 0 Å². The Labute approximate surface area is 114 Å². The molecule has 3 rings (SSSR count). The average molecular weight is 303 g/mol. The first-order valence-electron chi connectivity index (χ1n) is 5.76. The van der Waals surface area contributed by atoms with Crippen LogP contribution in [0.2, 0.25) is 0 Å². The second-order valence-corrected chi connectivity index (χ2v) is 5.17. The van der Waals surface area contributed by atoms with Gasteiger partial charge < -0.3 is 4.74 Å². The van der Waals surface area contributed by atoms with Gasteiger partial charge in [-0.25, -0.2) is 0 Å². The van der Waals surface area contributed by atoms with Crippen molar-refractivity contribution in [1.82, 2.24) is 0 Å². The van der Waals surface area contributed by atoms with Crippen LogP contribution in [0.1, 0.15) is 22.0 Å². The lowest BCUT2D eigenvalue weighted by atomic mass is 10.0. The number of ether oxygens (including phenoxy) is 1. The first-order chi connectivity index (χ1) is 8.75. The van der Waals surface area contributed by atoms with Gasteiger partial charge in [-0.3, -0.25) is 4.79 Å². The van der Waals surface area contributed by atoms with E-state index in [1.54, 1.807) is 0 Å². The lowest BCUT2D eigenvalue weighted by Gasteiger charge is -1.98. The van der Waals surface area contributed by atoms with E-state index in [-0.39, 0.29) is 18.0 Å². The Morgan fingerprint density at radius 1 is 1.00 bits per heavy atom. The lowest BCUT2D eigenvalue weighted by molar-refractivity contribution is 0.0953. The highest BCUT2D eigenvalue weighted by molar-refractivity contribution is 9.10. The normalized spacial score (nSPS) is 21.6. The maximum absolute atomic E-state index is 12.2. The average Bonchev–Trinajstić information content (AvgIpc) is 3.20. The zero-order chi connectivity index (χ0) is 12.5. The minimum Gasteiger partial charge on any atom is -0.356 e. The molecule has 0 aliphatic carbocycles. The van der Waals surface area contributed by atoms with Crippen LogP contribution >= 0.6 is 15.9 Å². The summed E-state index contributed by atoms with van der Waals surface area (Å²) >= 11 is 3.35.